The highest BCUT2D eigenvalue weighted by Crippen LogP contribution is 2.14. The van der Waals surface area contributed by atoms with Crippen LogP contribution in [0, 0.1) is 11.6 Å². The predicted octanol–water partition coefficient (Wildman–Crippen LogP) is 3.22. The fraction of sp³-hybridized carbons (Fsp3) is 0.0714. The Balaban J connectivity index is 1.86. The van der Waals surface area contributed by atoms with E-state index in [0.29, 0.717) is 0 Å². The van der Waals surface area contributed by atoms with Crippen molar-refractivity contribution in [3.8, 4) is 0 Å². The van der Waals surface area contributed by atoms with E-state index in [-0.39, 0.29) is 12.1 Å². The molecule has 0 saturated carbocycles. The zero-order valence-electron chi connectivity index (χ0n) is 9.98. The maximum atomic E-state index is 13.5. The summed E-state index contributed by atoms with van der Waals surface area (Å²) in [7, 11) is 0. The molecule has 0 unspecified atom stereocenters. The number of fused-ring (bicyclic) bond motifs is 1. The van der Waals surface area contributed by atoms with Gasteiger partial charge in [0.1, 0.15) is 23.1 Å². The van der Waals surface area contributed by atoms with Crippen molar-refractivity contribution in [2.75, 3.05) is 5.32 Å². The number of nitrogens with zero attached hydrogens (tertiary/aromatic N) is 2. The summed E-state index contributed by atoms with van der Waals surface area (Å²) in [5.41, 5.74) is 1.09. The van der Waals surface area contributed by atoms with Crippen LogP contribution in [0.2, 0.25) is 0 Å². The molecule has 3 rings (SSSR count). The monoisotopic (exact) mass is 259 g/mol. The molecule has 0 spiro atoms. The van der Waals surface area contributed by atoms with E-state index >= 15 is 0 Å². The Hall–Kier alpha value is -2.43. The fourth-order valence-corrected chi connectivity index (χ4v) is 1.96. The van der Waals surface area contributed by atoms with Crippen LogP contribution in [0.3, 0.4) is 0 Å². The Labute approximate surface area is 108 Å². The van der Waals surface area contributed by atoms with E-state index in [1.807, 2.05) is 22.6 Å². The molecule has 3 aromatic rings. The summed E-state index contributed by atoms with van der Waals surface area (Å²) in [5, 5.41) is 3.07. The SMILES string of the molecule is Fc1ccc(F)c(CNc2cccc3nccn23)c1. The summed E-state index contributed by atoms with van der Waals surface area (Å²) in [4.78, 5) is 4.15. The van der Waals surface area contributed by atoms with Crippen molar-refractivity contribution in [1.82, 2.24) is 9.38 Å². The molecule has 0 amide bonds. The third-order valence-corrected chi connectivity index (χ3v) is 2.90. The fourth-order valence-electron chi connectivity index (χ4n) is 1.96. The summed E-state index contributed by atoms with van der Waals surface area (Å²) in [5.74, 6) is -0.0931. The number of imidazole rings is 1. The Morgan fingerprint density at radius 3 is 2.95 bits per heavy atom. The highest BCUT2D eigenvalue weighted by atomic mass is 19.1. The summed E-state index contributed by atoms with van der Waals surface area (Å²) < 4.78 is 28.4. The average molecular weight is 259 g/mol. The predicted molar refractivity (Wildman–Crippen MR) is 68.9 cm³/mol. The van der Waals surface area contributed by atoms with Crippen LogP contribution in [-0.2, 0) is 6.54 Å². The third-order valence-electron chi connectivity index (χ3n) is 2.90. The second-order valence-electron chi connectivity index (χ2n) is 4.16. The van der Waals surface area contributed by atoms with Crippen molar-refractivity contribution in [1.29, 1.82) is 0 Å². The van der Waals surface area contributed by atoms with E-state index in [1.165, 1.54) is 6.07 Å². The largest absolute Gasteiger partial charge is 0.367 e. The number of aromatic nitrogens is 2. The van der Waals surface area contributed by atoms with Gasteiger partial charge in [0.15, 0.2) is 0 Å². The van der Waals surface area contributed by atoms with Crippen molar-refractivity contribution < 1.29 is 8.78 Å². The van der Waals surface area contributed by atoms with Crippen LogP contribution in [0.15, 0.2) is 48.8 Å². The quantitative estimate of drug-likeness (QED) is 0.782. The number of halogens is 2. The zero-order valence-corrected chi connectivity index (χ0v) is 9.98. The van der Waals surface area contributed by atoms with E-state index in [1.54, 1.807) is 12.4 Å². The van der Waals surface area contributed by atoms with E-state index in [4.69, 9.17) is 0 Å². The highest BCUT2D eigenvalue weighted by Gasteiger charge is 2.05. The first-order chi connectivity index (χ1) is 9.24. The number of nitrogens with one attached hydrogen (secondary N) is 1. The zero-order chi connectivity index (χ0) is 13.2. The topological polar surface area (TPSA) is 29.3 Å². The summed E-state index contributed by atoms with van der Waals surface area (Å²) in [6, 6.07) is 9.00. The van der Waals surface area contributed by atoms with Gasteiger partial charge in [0, 0.05) is 24.5 Å². The molecule has 0 bridgehead atoms. The molecule has 1 N–H and O–H groups in total. The molecule has 2 heterocycles. The van der Waals surface area contributed by atoms with Crippen molar-refractivity contribution in [2.45, 2.75) is 6.54 Å². The minimum Gasteiger partial charge on any atom is -0.367 e. The van der Waals surface area contributed by atoms with Gasteiger partial charge in [-0.25, -0.2) is 13.8 Å². The first-order valence-corrected chi connectivity index (χ1v) is 5.84. The Morgan fingerprint density at radius 2 is 2.05 bits per heavy atom. The standard InChI is InChI=1S/C14H11F2N3/c15-11-4-5-12(16)10(8-11)9-18-14-3-1-2-13-17-6-7-19(13)14/h1-8,18H,9H2. The van der Waals surface area contributed by atoms with Crippen LogP contribution < -0.4 is 5.32 Å². The number of anilines is 1. The highest BCUT2D eigenvalue weighted by molar-refractivity contribution is 5.50. The number of hydrogen-bond acceptors (Lipinski definition) is 2. The van der Waals surface area contributed by atoms with Gasteiger partial charge >= 0.3 is 0 Å². The van der Waals surface area contributed by atoms with E-state index in [2.05, 4.69) is 10.3 Å². The van der Waals surface area contributed by atoms with Gasteiger partial charge in [-0.3, -0.25) is 4.40 Å². The molecule has 0 radical (unpaired) electrons. The Morgan fingerprint density at radius 1 is 1.16 bits per heavy atom. The molecule has 0 saturated heterocycles. The second-order valence-corrected chi connectivity index (χ2v) is 4.16. The molecule has 0 aliphatic heterocycles. The molecule has 19 heavy (non-hydrogen) atoms. The Kier molecular flexibility index (Phi) is 2.87. The molecular formula is C14H11F2N3. The summed E-state index contributed by atoms with van der Waals surface area (Å²) >= 11 is 0. The van der Waals surface area contributed by atoms with Crippen LogP contribution in [0.25, 0.3) is 5.65 Å². The molecule has 2 aromatic heterocycles. The van der Waals surface area contributed by atoms with E-state index < -0.39 is 11.6 Å². The smallest absolute Gasteiger partial charge is 0.138 e. The van der Waals surface area contributed by atoms with Crippen molar-refractivity contribution in [2.24, 2.45) is 0 Å². The molecule has 0 aliphatic carbocycles. The van der Waals surface area contributed by atoms with E-state index in [9.17, 15) is 8.78 Å². The summed E-state index contributed by atoms with van der Waals surface area (Å²) in [6.45, 7) is 0.209. The molecule has 0 atom stereocenters. The van der Waals surface area contributed by atoms with Gasteiger partial charge in [0.2, 0.25) is 0 Å². The second kappa shape index (κ2) is 4.68. The van der Waals surface area contributed by atoms with Crippen LogP contribution in [0.4, 0.5) is 14.6 Å². The lowest BCUT2D eigenvalue weighted by atomic mass is 10.2. The minimum absolute atomic E-state index is 0.209. The van der Waals surface area contributed by atoms with Gasteiger partial charge in [0.05, 0.1) is 0 Å². The van der Waals surface area contributed by atoms with Crippen molar-refractivity contribution >= 4 is 11.5 Å². The molecular weight excluding hydrogens is 248 g/mol. The van der Waals surface area contributed by atoms with Crippen LogP contribution in [-0.4, -0.2) is 9.38 Å². The van der Waals surface area contributed by atoms with Crippen LogP contribution in [0.1, 0.15) is 5.56 Å². The molecule has 0 fully saturated rings. The van der Waals surface area contributed by atoms with Crippen LogP contribution >= 0.6 is 0 Å². The molecule has 96 valence electrons. The third kappa shape index (κ3) is 2.27. The average Bonchev–Trinajstić information content (AvgIpc) is 2.88. The Bertz CT molecular complexity index is 722. The number of hydrogen-bond donors (Lipinski definition) is 1. The normalized spacial score (nSPS) is 10.8. The maximum Gasteiger partial charge on any atom is 0.138 e. The van der Waals surface area contributed by atoms with Gasteiger partial charge in [-0.1, -0.05) is 6.07 Å². The summed E-state index contributed by atoms with van der Waals surface area (Å²) in [6.07, 6.45) is 3.49. The van der Waals surface area contributed by atoms with Crippen LogP contribution in [0.5, 0.6) is 0 Å². The first kappa shape index (κ1) is 11.6. The van der Waals surface area contributed by atoms with Gasteiger partial charge in [-0.05, 0) is 30.3 Å². The minimum atomic E-state index is -0.445. The molecule has 1 aromatic carbocycles. The van der Waals surface area contributed by atoms with Gasteiger partial charge in [-0.15, -0.1) is 0 Å². The number of rotatable bonds is 3. The molecule has 5 heteroatoms. The van der Waals surface area contributed by atoms with Crippen molar-refractivity contribution in [3.05, 3.63) is 66.0 Å². The van der Waals surface area contributed by atoms with E-state index in [0.717, 1.165) is 23.6 Å². The van der Waals surface area contributed by atoms with Gasteiger partial charge < -0.3 is 5.32 Å². The van der Waals surface area contributed by atoms with Crippen molar-refractivity contribution in [3.63, 3.8) is 0 Å². The number of pyridine rings is 1. The maximum absolute atomic E-state index is 13.5. The van der Waals surface area contributed by atoms with Gasteiger partial charge in [0.25, 0.3) is 0 Å². The number of benzene rings is 1. The lowest BCUT2D eigenvalue weighted by molar-refractivity contribution is 0.587. The molecule has 3 nitrogen and oxygen atoms in total. The lowest BCUT2D eigenvalue weighted by Crippen LogP contribution is -2.05. The van der Waals surface area contributed by atoms with Gasteiger partial charge in [-0.2, -0.15) is 0 Å². The lowest BCUT2D eigenvalue weighted by Gasteiger charge is -2.09. The first-order valence-electron chi connectivity index (χ1n) is 5.84. The molecule has 0 aliphatic rings.